The van der Waals surface area contributed by atoms with E-state index in [1.807, 2.05) is 18.2 Å². The van der Waals surface area contributed by atoms with Gasteiger partial charge in [-0.1, -0.05) is 44.2 Å². The Labute approximate surface area is 120 Å². The highest BCUT2D eigenvalue weighted by Crippen LogP contribution is 2.26. The van der Waals surface area contributed by atoms with E-state index in [1.54, 1.807) is 0 Å². The average Bonchev–Trinajstić information content (AvgIpc) is 2.94. The van der Waals surface area contributed by atoms with Gasteiger partial charge >= 0.3 is 0 Å². The van der Waals surface area contributed by atoms with E-state index in [9.17, 15) is 0 Å². The van der Waals surface area contributed by atoms with E-state index in [1.165, 1.54) is 5.56 Å². The molecule has 1 atom stereocenters. The molecule has 0 fully saturated rings. The SMILES string of the molecule is CCCNCCc1nnc(C(CC)c2ccccc2)o1. The molecule has 0 bridgehead atoms. The first-order valence-electron chi connectivity index (χ1n) is 7.43. The van der Waals surface area contributed by atoms with E-state index < -0.39 is 0 Å². The first-order valence-corrected chi connectivity index (χ1v) is 7.43. The second-order valence-electron chi connectivity index (χ2n) is 4.91. The molecule has 108 valence electrons. The Hall–Kier alpha value is -1.68. The highest BCUT2D eigenvalue weighted by molar-refractivity contribution is 5.24. The molecule has 0 saturated heterocycles. The molecule has 2 aromatic rings. The van der Waals surface area contributed by atoms with Crippen LogP contribution >= 0.6 is 0 Å². The maximum absolute atomic E-state index is 5.81. The van der Waals surface area contributed by atoms with Crippen LogP contribution in [0.15, 0.2) is 34.7 Å². The van der Waals surface area contributed by atoms with Gasteiger partial charge in [-0.2, -0.15) is 0 Å². The van der Waals surface area contributed by atoms with Crippen molar-refractivity contribution in [3.63, 3.8) is 0 Å². The van der Waals surface area contributed by atoms with Crippen molar-refractivity contribution in [1.29, 1.82) is 0 Å². The summed E-state index contributed by atoms with van der Waals surface area (Å²) in [6, 6.07) is 10.3. The summed E-state index contributed by atoms with van der Waals surface area (Å²) >= 11 is 0. The zero-order valence-corrected chi connectivity index (χ0v) is 12.3. The van der Waals surface area contributed by atoms with E-state index in [0.29, 0.717) is 0 Å². The number of nitrogens with one attached hydrogen (secondary N) is 1. The molecule has 4 nitrogen and oxygen atoms in total. The predicted octanol–water partition coefficient (Wildman–Crippen LogP) is 3.15. The average molecular weight is 273 g/mol. The Morgan fingerprint density at radius 1 is 1.10 bits per heavy atom. The summed E-state index contributed by atoms with van der Waals surface area (Å²) in [5, 5.41) is 11.7. The van der Waals surface area contributed by atoms with Crippen molar-refractivity contribution < 1.29 is 4.42 Å². The summed E-state index contributed by atoms with van der Waals surface area (Å²) in [6.07, 6.45) is 2.89. The predicted molar refractivity (Wildman–Crippen MR) is 79.7 cm³/mol. The maximum atomic E-state index is 5.81. The first-order chi connectivity index (χ1) is 9.85. The second-order valence-corrected chi connectivity index (χ2v) is 4.91. The first kappa shape index (κ1) is 14.7. The van der Waals surface area contributed by atoms with Crippen LogP contribution in [0, 0.1) is 0 Å². The van der Waals surface area contributed by atoms with Crippen LogP contribution in [0.5, 0.6) is 0 Å². The molecule has 0 aliphatic rings. The molecule has 2 rings (SSSR count). The van der Waals surface area contributed by atoms with Crippen LogP contribution in [0.2, 0.25) is 0 Å². The summed E-state index contributed by atoms with van der Waals surface area (Å²) in [4.78, 5) is 0. The summed E-state index contributed by atoms with van der Waals surface area (Å²) in [5.41, 5.74) is 1.23. The number of nitrogens with zero attached hydrogens (tertiary/aromatic N) is 2. The summed E-state index contributed by atoms with van der Waals surface area (Å²) in [6.45, 7) is 6.22. The molecule has 0 spiro atoms. The molecule has 0 aliphatic carbocycles. The number of benzene rings is 1. The Balaban J connectivity index is 1.99. The second kappa shape index (κ2) is 7.80. The topological polar surface area (TPSA) is 51.0 Å². The van der Waals surface area contributed by atoms with Crippen LogP contribution in [-0.4, -0.2) is 23.3 Å². The van der Waals surface area contributed by atoms with Gasteiger partial charge in [0.2, 0.25) is 11.8 Å². The lowest BCUT2D eigenvalue weighted by molar-refractivity contribution is 0.424. The Morgan fingerprint density at radius 3 is 2.60 bits per heavy atom. The van der Waals surface area contributed by atoms with Crippen molar-refractivity contribution in [2.75, 3.05) is 13.1 Å². The largest absolute Gasteiger partial charge is 0.425 e. The van der Waals surface area contributed by atoms with E-state index in [-0.39, 0.29) is 5.92 Å². The van der Waals surface area contributed by atoms with Gasteiger partial charge in [0.15, 0.2) is 0 Å². The highest BCUT2D eigenvalue weighted by atomic mass is 16.4. The third kappa shape index (κ3) is 3.90. The van der Waals surface area contributed by atoms with Crippen LogP contribution in [0.4, 0.5) is 0 Å². The van der Waals surface area contributed by atoms with Crippen molar-refractivity contribution in [2.45, 2.75) is 39.0 Å². The smallest absolute Gasteiger partial charge is 0.223 e. The lowest BCUT2D eigenvalue weighted by atomic mass is 9.97. The number of hydrogen-bond donors (Lipinski definition) is 1. The van der Waals surface area contributed by atoms with Crippen molar-refractivity contribution in [1.82, 2.24) is 15.5 Å². The van der Waals surface area contributed by atoms with Gasteiger partial charge in [0.1, 0.15) is 0 Å². The lowest BCUT2D eigenvalue weighted by Crippen LogP contribution is -2.17. The summed E-state index contributed by atoms with van der Waals surface area (Å²) in [5.74, 6) is 1.64. The van der Waals surface area contributed by atoms with Crippen LogP contribution in [0.1, 0.15) is 50.0 Å². The summed E-state index contributed by atoms with van der Waals surface area (Å²) in [7, 11) is 0. The van der Waals surface area contributed by atoms with Crippen molar-refractivity contribution in [2.24, 2.45) is 0 Å². The Morgan fingerprint density at radius 2 is 1.90 bits per heavy atom. The van der Waals surface area contributed by atoms with E-state index in [2.05, 4.69) is 41.5 Å². The fourth-order valence-corrected chi connectivity index (χ4v) is 2.24. The molecule has 1 aromatic carbocycles. The zero-order valence-electron chi connectivity index (χ0n) is 12.3. The van der Waals surface area contributed by atoms with Gasteiger partial charge in [0, 0.05) is 13.0 Å². The normalized spacial score (nSPS) is 12.5. The third-order valence-corrected chi connectivity index (χ3v) is 3.33. The fraction of sp³-hybridized carbons (Fsp3) is 0.500. The molecule has 1 aromatic heterocycles. The number of aromatic nitrogens is 2. The van der Waals surface area contributed by atoms with E-state index in [0.717, 1.165) is 44.1 Å². The summed E-state index contributed by atoms with van der Waals surface area (Å²) < 4.78 is 5.81. The van der Waals surface area contributed by atoms with Crippen LogP contribution < -0.4 is 5.32 Å². The minimum absolute atomic E-state index is 0.195. The highest BCUT2D eigenvalue weighted by Gasteiger charge is 2.18. The maximum Gasteiger partial charge on any atom is 0.223 e. The molecule has 1 heterocycles. The monoisotopic (exact) mass is 273 g/mol. The minimum atomic E-state index is 0.195. The molecule has 0 saturated carbocycles. The molecule has 0 radical (unpaired) electrons. The van der Waals surface area contributed by atoms with Crippen LogP contribution in [0.25, 0.3) is 0 Å². The van der Waals surface area contributed by atoms with Gasteiger partial charge in [0.05, 0.1) is 5.92 Å². The van der Waals surface area contributed by atoms with Crippen molar-refractivity contribution in [3.8, 4) is 0 Å². The van der Waals surface area contributed by atoms with Gasteiger partial charge in [-0.15, -0.1) is 10.2 Å². The van der Waals surface area contributed by atoms with E-state index >= 15 is 0 Å². The standard InChI is InChI=1S/C16H23N3O/c1-3-11-17-12-10-15-18-19-16(20-15)14(4-2)13-8-6-5-7-9-13/h5-9,14,17H,3-4,10-12H2,1-2H3. The molecular weight excluding hydrogens is 250 g/mol. The molecule has 1 N–H and O–H groups in total. The molecule has 1 unspecified atom stereocenters. The molecule has 4 heteroatoms. The minimum Gasteiger partial charge on any atom is -0.425 e. The number of hydrogen-bond acceptors (Lipinski definition) is 4. The van der Waals surface area contributed by atoms with Gasteiger partial charge in [-0.05, 0) is 24.9 Å². The Kier molecular flexibility index (Phi) is 5.74. The van der Waals surface area contributed by atoms with Crippen LogP contribution in [-0.2, 0) is 6.42 Å². The quantitative estimate of drug-likeness (QED) is 0.751. The number of rotatable bonds is 8. The van der Waals surface area contributed by atoms with Crippen LogP contribution in [0.3, 0.4) is 0 Å². The van der Waals surface area contributed by atoms with Crippen molar-refractivity contribution >= 4 is 0 Å². The Bertz CT molecular complexity index is 495. The van der Waals surface area contributed by atoms with Gasteiger partial charge in [-0.25, -0.2) is 0 Å². The van der Waals surface area contributed by atoms with E-state index in [4.69, 9.17) is 4.42 Å². The zero-order chi connectivity index (χ0) is 14.2. The molecular formula is C16H23N3O. The van der Waals surface area contributed by atoms with Gasteiger partial charge in [-0.3, -0.25) is 0 Å². The molecule has 0 aliphatic heterocycles. The molecule has 0 amide bonds. The molecule has 20 heavy (non-hydrogen) atoms. The van der Waals surface area contributed by atoms with Crippen molar-refractivity contribution in [3.05, 3.63) is 47.7 Å². The van der Waals surface area contributed by atoms with Gasteiger partial charge < -0.3 is 9.73 Å². The fourth-order valence-electron chi connectivity index (χ4n) is 2.24. The third-order valence-electron chi connectivity index (χ3n) is 3.33. The lowest BCUT2D eigenvalue weighted by Gasteiger charge is -2.10. The van der Waals surface area contributed by atoms with Gasteiger partial charge in [0.25, 0.3) is 0 Å².